The normalized spacial score (nSPS) is 16.9. The Hall–Kier alpha value is -2.61. The maximum Gasteiger partial charge on any atom is 0.357 e. The maximum atomic E-state index is 14.7. The van der Waals surface area contributed by atoms with Gasteiger partial charge in [-0.2, -0.15) is 8.78 Å². The van der Waals surface area contributed by atoms with Crippen LogP contribution >= 0.6 is 0 Å². The summed E-state index contributed by atoms with van der Waals surface area (Å²) in [4.78, 5) is 16.5. The number of ether oxygens (including phenoxy) is 3. The van der Waals surface area contributed by atoms with Gasteiger partial charge >= 0.3 is 12.6 Å². The van der Waals surface area contributed by atoms with Crippen molar-refractivity contribution in [1.82, 2.24) is 4.98 Å². The Bertz CT molecular complexity index is 904. The third-order valence-electron chi connectivity index (χ3n) is 4.77. The average Bonchev–Trinajstić information content (AvgIpc) is 2.66. The molecule has 0 saturated carbocycles. The van der Waals surface area contributed by atoms with E-state index in [1.165, 1.54) is 19.1 Å². The van der Waals surface area contributed by atoms with Crippen LogP contribution in [0.4, 0.5) is 13.2 Å². The van der Waals surface area contributed by atoms with Crippen LogP contribution in [0.25, 0.3) is 11.1 Å². The number of nitrogens with zero attached hydrogens (tertiary/aromatic N) is 1. The summed E-state index contributed by atoms with van der Waals surface area (Å²) in [5.41, 5.74) is 2.11. The van der Waals surface area contributed by atoms with Crippen LogP contribution in [0, 0.1) is 12.7 Å². The molecule has 0 spiro atoms. The number of aryl methyl sites for hydroxylation is 1. The quantitative estimate of drug-likeness (QED) is 0.648. The molecule has 1 aromatic heterocycles. The number of fused-ring (bicyclic) bond motifs is 1. The molecule has 29 heavy (non-hydrogen) atoms. The number of pyridine rings is 1. The van der Waals surface area contributed by atoms with Crippen molar-refractivity contribution in [1.29, 1.82) is 0 Å². The number of benzene rings is 1. The highest BCUT2D eigenvalue weighted by Crippen LogP contribution is 2.37. The molecule has 0 fully saturated rings. The Morgan fingerprint density at radius 2 is 2.07 bits per heavy atom. The predicted octanol–water partition coefficient (Wildman–Crippen LogP) is 4.69. The first-order chi connectivity index (χ1) is 13.8. The lowest BCUT2D eigenvalue weighted by Gasteiger charge is -2.30. The van der Waals surface area contributed by atoms with Gasteiger partial charge in [0.25, 0.3) is 0 Å². The van der Waals surface area contributed by atoms with Crippen molar-refractivity contribution >= 4 is 5.97 Å². The number of carbonyl (C=O) groups is 1. The van der Waals surface area contributed by atoms with Crippen molar-refractivity contribution in [3.8, 4) is 17.0 Å². The standard InChI is InChI=1S/C21H22F3NO4/c1-4-27-20(26)17-10-15(13-6-5-11(2)9-16(13)22)14-7-8-18(29-19(14)25-17)12(3)28-21(23)24/h5-6,9-10,12,18,21H,4,7-8H2,1-3H3/t12-,18+/m1/s1. The van der Waals surface area contributed by atoms with Gasteiger partial charge in [-0.3, -0.25) is 0 Å². The number of carbonyl (C=O) groups excluding carboxylic acids is 1. The van der Waals surface area contributed by atoms with Crippen LogP contribution in [-0.2, 0) is 15.9 Å². The lowest BCUT2D eigenvalue weighted by atomic mass is 9.92. The topological polar surface area (TPSA) is 57.7 Å². The molecule has 2 aromatic rings. The van der Waals surface area contributed by atoms with E-state index in [0.717, 1.165) is 5.56 Å². The van der Waals surface area contributed by atoms with Gasteiger partial charge in [0.1, 0.15) is 11.9 Å². The fourth-order valence-corrected chi connectivity index (χ4v) is 3.35. The highest BCUT2D eigenvalue weighted by Gasteiger charge is 2.31. The van der Waals surface area contributed by atoms with Crippen LogP contribution in [0.5, 0.6) is 5.88 Å². The number of alkyl halides is 2. The number of rotatable bonds is 6. The number of hydrogen-bond acceptors (Lipinski definition) is 5. The van der Waals surface area contributed by atoms with E-state index in [0.29, 0.717) is 29.5 Å². The van der Waals surface area contributed by atoms with E-state index in [4.69, 9.17) is 9.47 Å². The molecule has 0 saturated heterocycles. The molecule has 2 atom stereocenters. The summed E-state index contributed by atoms with van der Waals surface area (Å²) in [6, 6.07) is 6.27. The highest BCUT2D eigenvalue weighted by atomic mass is 19.3. The minimum absolute atomic E-state index is 0.0383. The van der Waals surface area contributed by atoms with E-state index in [9.17, 15) is 18.0 Å². The fourth-order valence-electron chi connectivity index (χ4n) is 3.35. The van der Waals surface area contributed by atoms with Gasteiger partial charge in [0.15, 0.2) is 5.69 Å². The molecule has 2 heterocycles. The smallest absolute Gasteiger partial charge is 0.357 e. The Morgan fingerprint density at radius 1 is 1.31 bits per heavy atom. The summed E-state index contributed by atoms with van der Waals surface area (Å²) in [7, 11) is 0. The van der Waals surface area contributed by atoms with E-state index in [2.05, 4.69) is 9.72 Å². The Kier molecular flexibility index (Phi) is 6.42. The molecular weight excluding hydrogens is 387 g/mol. The fraction of sp³-hybridized carbons (Fsp3) is 0.429. The average molecular weight is 409 g/mol. The van der Waals surface area contributed by atoms with Crippen LogP contribution in [0.2, 0.25) is 0 Å². The zero-order valence-corrected chi connectivity index (χ0v) is 16.4. The first-order valence-electron chi connectivity index (χ1n) is 9.38. The summed E-state index contributed by atoms with van der Waals surface area (Å²) in [6.07, 6.45) is -0.745. The third-order valence-corrected chi connectivity index (χ3v) is 4.77. The number of esters is 1. The van der Waals surface area contributed by atoms with Crippen molar-refractivity contribution in [3.63, 3.8) is 0 Å². The van der Waals surface area contributed by atoms with Gasteiger partial charge in [-0.05, 0) is 56.9 Å². The van der Waals surface area contributed by atoms with E-state index in [-0.39, 0.29) is 18.2 Å². The zero-order valence-electron chi connectivity index (χ0n) is 16.4. The van der Waals surface area contributed by atoms with Crippen LogP contribution in [0.15, 0.2) is 24.3 Å². The van der Waals surface area contributed by atoms with Crippen molar-refractivity contribution < 1.29 is 32.2 Å². The molecule has 1 aliphatic heterocycles. The van der Waals surface area contributed by atoms with Gasteiger partial charge in [0, 0.05) is 11.1 Å². The zero-order chi connectivity index (χ0) is 21.1. The summed E-state index contributed by atoms with van der Waals surface area (Å²) in [5.74, 6) is -1.01. The second kappa shape index (κ2) is 8.82. The van der Waals surface area contributed by atoms with Gasteiger partial charge in [-0.1, -0.05) is 12.1 Å². The summed E-state index contributed by atoms with van der Waals surface area (Å²) >= 11 is 0. The van der Waals surface area contributed by atoms with Gasteiger partial charge < -0.3 is 14.2 Å². The molecule has 0 radical (unpaired) electrons. The second-order valence-corrected chi connectivity index (χ2v) is 6.84. The van der Waals surface area contributed by atoms with E-state index >= 15 is 0 Å². The molecule has 156 valence electrons. The van der Waals surface area contributed by atoms with E-state index in [1.807, 2.05) is 0 Å². The molecule has 1 aromatic carbocycles. The van der Waals surface area contributed by atoms with Crippen molar-refractivity contribution in [2.45, 2.75) is 52.4 Å². The first kappa shape index (κ1) is 21.1. The molecule has 3 rings (SSSR count). The maximum absolute atomic E-state index is 14.7. The number of halogens is 3. The van der Waals surface area contributed by atoms with Crippen molar-refractivity contribution in [2.75, 3.05) is 6.61 Å². The molecule has 0 amide bonds. The largest absolute Gasteiger partial charge is 0.471 e. The Balaban J connectivity index is 2.05. The third kappa shape index (κ3) is 4.70. The van der Waals surface area contributed by atoms with Gasteiger partial charge in [-0.15, -0.1) is 0 Å². The van der Waals surface area contributed by atoms with Gasteiger partial charge in [0.05, 0.1) is 12.7 Å². The van der Waals surface area contributed by atoms with Crippen molar-refractivity contribution in [2.24, 2.45) is 0 Å². The lowest BCUT2D eigenvalue weighted by Crippen LogP contribution is -2.36. The molecular formula is C21H22F3NO4. The van der Waals surface area contributed by atoms with Crippen molar-refractivity contribution in [3.05, 3.63) is 46.9 Å². The van der Waals surface area contributed by atoms with Gasteiger partial charge in [-0.25, -0.2) is 14.2 Å². The minimum Gasteiger partial charge on any atom is -0.471 e. The van der Waals surface area contributed by atoms with Crippen LogP contribution < -0.4 is 4.74 Å². The number of aromatic nitrogens is 1. The summed E-state index contributed by atoms with van der Waals surface area (Å²) < 4.78 is 55.1. The molecule has 0 unspecified atom stereocenters. The van der Waals surface area contributed by atoms with Crippen LogP contribution in [0.3, 0.4) is 0 Å². The molecule has 0 aliphatic carbocycles. The molecule has 0 N–H and O–H groups in total. The molecule has 1 aliphatic rings. The Labute approximate surface area is 166 Å². The molecule has 5 nitrogen and oxygen atoms in total. The minimum atomic E-state index is -2.92. The summed E-state index contributed by atoms with van der Waals surface area (Å²) in [5, 5.41) is 0. The first-order valence-corrected chi connectivity index (χ1v) is 9.38. The highest BCUT2D eigenvalue weighted by molar-refractivity contribution is 5.90. The lowest BCUT2D eigenvalue weighted by molar-refractivity contribution is -0.180. The van der Waals surface area contributed by atoms with E-state index in [1.54, 1.807) is 26.0 Å². The Morgan fingerprint density at radius 3 is 2.72 bits per heavy atom. The van der Waals surface area contributed by atoms with Crippen LogP contribution in [-0.4, -0.2) is 36.4 Å². The number of hydrogen-bond donors (Lipinski definition) is 0. The van der Waals surface area contributed by atoms with E-state index < -0.39 is 30.6 Å². The van der Waals surface area contributed by atoms with Gasteiger partial charge in [0.2, 0.25) is 5.88 Å². The molecule has 8 heteroatoms. The monoisotopic (exact) mass is 409 g/mol. The SMILES string of the molecule is CCOC(=O)c1cc(-c2ccc(C)cc2F)c2c(n1)O[C@H]([C@@H](C)OC(F)F)CC2. The van der Waals surface area contributed by atoms with Crippen LogP contribution in [0.1, 0.15) is 41.9 Å². The predicted molar refractivity (Wildman–Crippen MR) is 99.6 cm³/mol. The second-order valence-electron chi connectivity index (χ2n) is 6.84. The summed E-state index contributed by atoms with van der Waals surface area (Å²) in [6.45, 7) is 2.14. The molecule has 0 bridgehead atoms.